The van der Waals surface area contributed by atoms with Gasteiger partial charge in [-0.15, -0.1) is 0 Å². The Balaban J connectivity index is 1.94. The van der Waals surface area contributed by atoms with E-state index in [-0.39, 0.29) is 0 Å². The van der Waals surface area contributed by atoms with Crippen molar-refractivity contribution >= 4 is 5.69 Å². The van der Waals surface area contributed by atoms with Crippen molar-refractivity contribution in [3.63, 3.8) is 0 Å². The summed E-state index contributed by atoms with van der Waals surface area (Å²) >= 11 is 0. The zero-order chi connectivity index (χ0) is 11.7. The van der Waals surface area contributed by atoms with E-state index in [1.54, 1.807) is 0 Å². The van der Waals surface area contributed by atoms with Crippen LogP contribution < -0.4 is 10.2 Å². The molecule has 0 aliphatic carbocycles. The van der Waals surface area contributed by atoms with E-state index in [1.165, 1.54) is 62.1 Å². The van der Waals surface area contributed by atoms with E-state index in [1.807, 2.05) is 0 Å². The largest absolute Gasteiger partial charge is 0.371 e. The molecule has 1 aromatic rings. The van der Waals surface area contributed by atoms with E-state index < -0.39 is 0 Å². The van der Waals surface area contributed by atoms with Crippen LogP contribution in [0.5, 0.6) is 0 Å². The summed E-state index contributed by atoms with van der Waals surface area (Å²) < 4.78 is 0. The molecule has 2 heterocycles. The van der Waals surface area contributed by atoms with E-state index in [9.17, 15) is 0 Å². The average molecular weight is 230 g/mol. The number of benzene rings is 1. The third-order valence-electron chi connectivity index (χ3n) is 4.07. The lowest BCUT2D eigenvalue weighted by atomic mass is 10.00. The quantitative estimate of drug-likeness (QED) is 0.840. The summed E-state index contributed by atoms with van der Waals surface area (Å²) in [4.78, 5) is 2.56. The number of hydrogen-bond donors (Lipinski definition) is 1. The molecule has 17 heavy (non-hydrogen) atoms. The topological polar surface area (TPSA) is 15.3 Å². The lowest BCUT2D eigenvalue weighted by Gasteiger charge is -2.25. The number of anilines is 1. The number of rotatable bonds is 2. The van der Waals surface area contributed by atoms with Crippen molar-refractivity contribution in [1.29, 1.82) is 0 Å². The highest BCUT2D eigenvalue weighted by Crippen LogP contribution is 2.33. The lowest BCUT2D eigenvalue weighted by Crippen LogP contribution is -2.22. The van der Waals surface area contributed by atoms with Crippen molar-refractivity contribution in [3.8, 4) is 0 Å². The molecule has 0 saturated carbocycles. The SMILES string of the molecule is Cc1ccc(N2CCCC2)c(C2CCCN2)c1. The maximum absolute atomic E-state index is 3.64. The Labute approximate surface area is 104 Å². The molecular weight excluding hydrogens is 208 g/mol. The van der Waals surface area contributed by atoms with Gasteiger partial charge >= 0.3 is 0 Å². The molecule has 2 aliphatic rings. The van der Waals surface area contributed by atoms with Crippen molar-refractivity contribution in [2.45, 2.75) is 38.6 Å². The van der Waals surface area contributed by atoms with Gasteiger partial charge in [0.1, 0.15) is 0 Å². The van der Waals surface area contributed by atoms with Crippen LogP contribution in [0, 0.1) is 6.92 Å². The first-order valence-electron chi connectivity index (χ1n) is 6.93. The monoisotopic (exact) mass is 230 g/mol. The first kappa shape index (κ1) is 11.1. The van der Waals surface area contributed by atoms with Crippen LogP contribution in [0.4, 0.5) is 5.69 Å². The van der Waals surface area contributed by atoms with Crippen molar-refractivity contribution < 1.29 is 0 Å². The molecule has 1 atom stereocenters. The molecule has 0 bridgehead atoms. The van der Waals surface area contributed by atoms with Gasteiger partial charge in [-0.1, -0.05) is 17.7 Å². The standard InChI is InChI=1S/C15H22N2/c1-12-6-7-15(17-9-2-3-10-17)13(11-12)14-5-4-8-16-14/h6-7,11,14,16H,2-5,8-10H2,1H3. The lowest BCUT2D eigenvalue weighted by molar-refractivity contribution is 0.645. The van der Waals surface area contributed by atoms with Crippen LogP contribution in [0.25, 0.3) is 0 Å². The Bertz CT molecular complexity index is 388. The molecule has 1 unspecified atom stereocenters. The fourth-order valence-corrected chi connectivity index (χ4v) is 3.15. The molecule has 0 spiro atoms. The van der Waals surface area contributed by atoms with Gasteiger partial charge in [0.2, 0.25) is 0 Å². The fraction of sp³-hybridized carbons (Fsp3) is 0.600. The van der Waals surface area contributed by atoms with Crippen LogP contribution in [-0.2, 0) is 0 Å². The Morgan fingerprint density at radius 2 is 2.00 bits per heavy atom. The summed E-state index contributed by atoms with van der Waals surface area (Å²) in [5, 5.41) is 3.64. The van der Waals surface area contributed by atoms with Crippen molar-refractivity contribution in [1.82, 2.24) is 5.32 Å². The van der Waals surface area contributed by atoms with E-state index in [2.05, 4.69) is 35.3 Å². The number of hydrogen-bond acceptors (Lipinski definition) is 2. The highest BCUT2D eigenvalue weighted by atomic mass is 15.1. The predicted octanol–water partition coefficient (Wildman–Crippen LogP) is 3.02. The second-order valence-corrected chi connectivity index (χ2v) is 5.41. The first-order valence-corrected chi connectivity index (χ1v) is 6.93. The maximum atomic E-state index is 3.64. The number of nitrogens with one attached hydrogen (secondary N) is 1. The summed E-state index contributed by atoms with van der Waals surface area (Å²) in [6.07, 6.45) is 5.32. The van der Waals surface area contributed by atoms with Gasteiger partial charge in [0.25, 0.3) is 0 Å². The van der Waals surface area contributed by atoms with Gasteiger partial charge in [-0.3, -0.25) is 0 Å². The van der Waals surface area contributed by atoms with Gasteiger partial charge < -0.3 is 10.2 Å². The van der Waals surface area contributed by atoms with Crippen LogP contribution in [0.15, 0.2) is 18.2 Å². The van der Waals surface area contributed by atoms with Gasteiger partial charge in [-0.25, -0.2) is 0 Å². The van der Waals surface area contributed by atoms with Crippen LogP contribution in [0.1, 0.15) is 42.9 Å². The van der Waals surface area contributed by atoms with Gasteiger partial charge in [0.05, 0.1) is 0 Å². The summed E-state index contributed by atoms with van der Waals surface area (Å²) in [6.45, 7) is 5.86. The average Bonchev–Trinajstić information content (AvgIpc) is 3.02. The first-order chi connectivity index (χ1) is 8.34. The minimum absolute atomic E-state index is 0.588. The van der Waals surface area contributed by atoms with E-state index in [0.29, 0.717) is 6.04 Å². The maximum Gasteiger partial charge on any atom is 0.0414 e. The van der Waals surface area contributed by atoms with Crippen molar-refractivity contribution in [2.75, 3.05) is 24.5 Å². The summed E-state index contributed by atoms with van der Waals surface area (Å²) in [5.74, 6) is 0. The van der Waals surface area contributed by atoms with Crippen LogP contribution in [-0.4, -0.2) is 19.6 Å². The predicted molar refractivity (Wildman–Crippen MR) is 72.6 cm³/mol. The molecule has 0 amide bonds. The molecule has 1 aromatic carbocycles. The van der Waals surface area contributed by atoms with E-state index >= 15 is 0 Å². The van der Waals surface area contributed by atoms with Crippen molar-refractivity contribution in [3.05, 3.63) is 29.3 Å². The highest BCUT2D eigenvalue weighted by molar-refractivity contribution is 5.57. The van der Waals surface area contributed by atoms with Gasteiger partial charge in [0, 0.05) is 24.8 Å². The third-order valence-corrected chi connectivity index (χ3v) is 4.07. The third kappa shape index (κ3) is 2.19. The zero-order valence-corrected chi connectivity index (χ0v) is 10.7. The van der Waals surface area contributed by atoms with Gasteiger partial charge in [-0.05, 0) is 50.8 Å². The molecule has 2 aliphatic heterocycles. The number of nitrogens with zero attached hydrogens (tertiary/aromatic N) is 1. The molecule has 2 fully saturated rings. The smallest absolute Gasteiger partial charge is 0.0414 e. The second kappa shape index (κ2) is 4.69. The number of aryl methyl sites for hydroxylation is 1. The highest BCUT2D eigenvalue weighted by Gasteiger charge is 2.23. The minimum Gasteiger partial charge on any atom is -0.371 e. The molecule has 3 rings (SSSR count). The summed E-state index contributed by atoms with van der Waals surface area (Å²) in [6, 6.07) is 7.56. The molecule has 1 N–H and O–H groups in total. The van der Waals surface area contributed by atoms with Crippen molar-refractivity contribution in [2.24, 2.45) is 0 Å². The Kier molecular flexibility index (Phi) is 3.06. The molecule has 2 heteroatoms. The molecule has 92 valence electrons. The Morgan fingerprint density at radius 3 is 2.71 bits per heavy atom. The van der Waals surface area contributed by atoms with Gasteiger partial charge in [0.15, 0.2) is 0 Å². The summed E-state index contributed by atoms with van der Waals surface area (Å²) in [7, 11) is 0. The normalized spacial score (nSPS) is 24.5. The molecular formula is C15H22N2. The Morgan fingerprint density at radius 1 is 1.18 bits per heavy atom. The summed E-state index contributed by atoms with van der Waals surface area (Å²) in [5.41, 5.74) is 4.40. The van der Waals surface area contributed by atoms with Gasteiger partial charge in [-0.2, -0.15) is 0 Å². The molecule has 2 saturated heterocycles. The molecule has 2 nitrogen and oxygen atoms in total. The van der Waals surface area contributed by atoms with Crippen LogP contribution in [0.2, 0.25) is 0 Å². The fourth-order valence-electron chi connectivity index (χ4n) is 3.15. The molecule has 0 radical (unpaired) electrons. The Hall–Kier alpha value is -1.02. The van der Waals surface area contributed by atoms with E-state index in [4.69, 9.17) is 0 Å². The zero-order valence-electron chi connectivity index (χ0n) is 10.7. The van der Waals surface area contributed by atoms with Crippen LogP contribution in [0.3, 0.4) is 0 Å². The minimum atomic E-state index is 0.588. The van der Waals surface area contributed by atoms with E-state index in [0.717, 1.165) is 0 Å². The second-order valence-electron chi connectivity index (χ2n) is 5.41. The molecule has 0 aromatic heterocycles. The van der Waals surface area contributed by atoms with Crippen LogP contribution >= 0.6 is 0 Å².